The third kappa shape index (κ3) is 7.63. The number of carboxylic acid groups (broad SMARTS) is 1. The number of oxime groups is 1. The SMILES string of the molecule is COc1ccc(CCC(=O)O)cc1-c1ccc(C(F)(F)F)cc1CC1=NO[C@H](c2cc(C(C)(F)F)cc(C(F)(F)F)c2)C1. The van der Waals surface area contributed by atoms with Gasteiger partial charge in [-0.1, -0.05) is 17.3 Å². The topological polar surface area (TPSA) is 68.1 Å². The van der Waals surface area contributed by atoms with Gasteiger partial charge in [-0.25, -0.2) is 8.78 Å². The molecule has 0 aromatic heterocycles. The van der Waals surface area contributed by atoms with Crippen molar-refractivity contribution in [2.45, 2.75) is 57.0 Å². The monoisotopic (exact) mass is 615 g/mol. The molecule has 0 spiro atoms. The Morgan fingerprint density at radius 1 is 0.907 bits per heavy atom. The number of aryl methyl sites for hydroxylation is 1. The molecule has 0 unspecified atom stereocenters. The standard InChI is InChI=1S/C30H25F8NO4/c1-28(31,32)20-11-18(12-21(14-20)30(36,37)38)26-15-22(39-43-26)13-17-10-19(29(33,34)35)5-6-23(17)24-9-16(4-8-27(40)41)3-7-25(24)42-2/h3,5-7,9-12,14,26H,4,8,13,15H2,1-2H3,(H,40,41)/t26-/m0/s1. The van der Waals surface area contributed by atoms with Gasteiger partial charge < -0.3 is 14.7 Å². The zero-order chi connectivity index (χ0) is 31.7. The summed E-state index contributed by atoms with van der Waals surface area (Å²) in [6.07, 6.45) is -11.2. The van der Waals surface area contributed by atoms with Crippen LogP contribution in [0, 0.1) is 0 Å². The van der Waals surface area contributed by atoms with E-state index in [9.17, 15) is 39.9 Å². The second-order valence-electron chi connectivity index (χ2n) is 10.2. The molecule has 1 N–H and O–H groups in total. The number of carbonyl (C=O) groups is 1. The number of methoxy groups -OCH3 is 1. The van der Waals surface area contributed by atoms with Crippen LogP contribution < -0.4 is 4.74 Å². The van der Waals surface area contributed by atoms with E-state index in [1.54, 1.807) is 18.2 Å². The van der Waals surface area contributed by atoms with E-state index in [0.717, 1.165) is 18.2 Å². The molecule has 13 heteroatoms. The minimum Gasteiger partial charge on any atom is -0.496 e. The Labute approximate surface area is 240 Å². The fourth-order valence-corrected chi connectivity index (χ4v) is 4.74. The number of benzene rings is 3. The van der Waals surface area contributed by atoms with Crippen molar-refractivity contribution in [1.29, 1.82) is 0 Å². The first-order chi connectivity index (χ1) is 20.0. The van der Waals surface area contributed by atoms with E-state index in [0.29, 0.717) is 41.5 Å². The second kappa shape index (κ2) is 11.8. The van der Waals surface area contributed by atoms with Crippen molar-refractivity contribution < 1.29 is 54.6 Å². The summed E-state index contributed by atoms with van der Waals surface area (Å²) in [5, 5.41) is 12.9. The molecule has 0 saturated carbocycles. The Balaban J connectivity index is 1.70. The van der Waals surface area contributed by atoms with Crippen LogP contribution in [-0.4, -0.2) is 23.9 Å². The smallest absolute Gasteiger partial charge is 0.416 e. The average molecular weight is 616 g/mol. The van der Waals surface area contributed by atoms with Crippen LogP contribution in [0.15, 0.2) is 59.8 Å². The first-order valence-electron chi connectivity index (χ1n) is 12.9. The van der Waals surface area contributed by atoms with Crippen molar-refractivity contribution in [2.75, 3.05) is 7.11 Å². The zero-order valence-corrected chi connectivity index (χ0v) is 22.7. The number of ether oxygens (including phenoxy) is 1. The fourth-order valence-electron chi connectivity index (χ4n) is 4.74. The summed E-state index contributed by atoms with van der Waals surface area (Å²) in [5.74, 6) is -4.31. The lowest BCUT2D eigenvalue weighted by atomic mass is 9.90. The van der Waals surface area contributed by atoms with Crippen LogP contribution in [-0.2, 0) is 40.7 Å². The molecule has 1 atom stereocenters. The summed E-state index contributed by atoms with van der Waals surface area (Å²) < 4.78 is 115. The van der Waals surface area contributed by atoms with Crippen LogP contribution >= 0.6 is 0 Å². The quantitative estimate of drug-likeness (QED) is 0.245. The van der Waals surface area contributed by atoms with Crippen LogP contribution in [0.4, 0.5) is 35.1 Å². The molecule has 3 aromatic carbocycles. The van der Waals surface area contributed by atoms with Gasteiger partial charge in [-0.05, 0) is 71.1 Å². The Hall–Kier alpha value is -4.16. The number of hydrogen-bond acceptors (Lipinski definition) is 4. The molecule has 4 rings (SSSR count). The van der Waals surface area contributed by atoms with Crippen molar-refractivity contribution in [2.24, 2.45) is 5.16 Å². The lowest BCUT2D eigenvalue weighted by Gasteiger charge is -2.18. The first kappa shape index (κ1) is 31.8. The molecule has 0 radical (unpaired) electrons. The molecule has 0 saturated heterocycles. The molecule has 0 bridgehead atoms. The van der Waals surface area contributed by atoms with E-state index in [1.165, 1.54) is 13.2 Å². The lowest BCUT2D eigenvalue weighted by molar-refractivity contribution is -0.138. The Morgan fingerprint density at radius 2 is 1.58 bits per heavy atom. The molecular formula is C30H25F8NO4. The highest BCUT2D eigenvalue weighted by molar-refractivity contribution is 5.90. The fraction of sp³-hybridized carbons (Fsp3) is 0.333. The minimum absolute atomic E-state index is 0.135. The number of rotatable bonds is 9. The average Bonchev–Trinajstić information content (AvgIpc) is 3.38. The highest BCUT2D eigenvalue weighted by Gasteiger charge is 2.37. The largest absolute Gasteiger partial charge is 0.496 e. The molecule has 43 heavy (non-hydrogen) atoms. The molecule has 1 aliphatic rings. The third-order valence-electron chi connectivity index (χ3n) is 6.90. The van der Waals surface area contributed by atoms with Gasteiger partial charge in [-0.3, -0.25) is 4.79 Å². The second-order valence-corrected chi connectivity index (χ2v) is 10.2. The van der Waals surface area contributed by atoms with E-state index in [4.69, 9.17) is 14.7 Å². The molecule has 0 aliphatic carbocycles. The summed E-state index contributed by atoms with van der Waals surface area (Å²) >= 11 is 0. The predicted octanol–water partition coefficient (Wildman–Crippen LogP) is 8.59. The van der Waals surface area contributed by atoms with Gasteiger partial charge in [0.2, 0.25) is 0 Å². The number of aliphatic carboxylic acids is 1. The van der Waals surface area contributed by atoms with Gasteiger partial charge in [-0.15, -0.1) is 0 Å². The van der Waals surface area contributed by atoms with Gasteiger partial charge in [0.05, 0.1) is 23.9 Å². The van der Waals surface area contributed by atoms with Crippen molar-refractivity contribution >= 4 is 11.7 Å². The van der Waals surface area contributed by atoms with E-state index in [-0.39, 0.29) is 42.5 Å². The van der Waals surface area contributed by atoms with Crippen LogP contribution in [0.1, 0.15) is 59.3 Å². The maximum Gasteiger partial charge on any atom is 0.416 e. The summed E-state index contributed by atoms with van der Waals surface area (Å²) in [6, 6.07) is 9.77. The number of alkyl halides is 8. The minimum atomic E-state index is -4.91. The predicted molar refractivity (Wildman–Crippen MR) is 140 cm³/mol. The summed E-state index contributed by atoms with van der Waals surface area (Å²) in [6.45, 7) is 0.462. The molecule has 0 fully saturated rings. The van der Waals surface area contributed by atoms with E-state index < -0.39 is 47.0 Å². The van der Waals surface area contributed by atoms with Crippen molar-refractivity contribution in [3.05, 3.63) is 88.0 Å². The highest BCUT2D eigenvalue weighted by Crippen LogP contribution is 2.41. The zero-order valence-electron chi connectivity index (χ0n) is 22.7. The summed E-state index contributed by atoms with van der Waals surface area (Å²) in [4.78, 5) is 16.3. The Kier molecular flexibility index (Phi) is 8.75. The molecule has 230 valence electrons. The van der Waals surface area contributed by atoms with Crippen LogP contribution in [0.25, 0.3) is 11.1 Å². The molecule has 3 aromatic rings. The number of carboxylic acids is 1. The van der Waals surface area contributed by atoms with Gasteiger partial charge in [0, 0.05) is 37.3 Å². The van der Waals surface area contributed by atoms with Gasteiger partial charge in [0.25, 0.3) is 5.92 Å². The lowest BCUT2D eigenvalue weighted by Crippen LogP contribution is -2.14. The van der Waals surface area contributed by atoms with Crippen molar-refractivity contribution in [3.8, 4) is 16.9 Å². The van der Waals surface area contributed by atoms with Crippen molar-refractivity contribution in [1.82, 2.24) is 0 Å². The van der Waals surface area contributed by atoms with Crippen LogP contribution in [0.5, 0.6) is 5.75 Å². The number of nitrogens with zero attached hydrogens (tertiary/aromatic N) is 1. The van der Waals surface area contributed by atoms with Gasteiger partial charge in [0.1, 0.15) is 5.75 Å². The van der Waals surface area contributed by atoms with Crippen LogP contribution in [0.3, 0.4) is 0 Å². The van der Waals surface area contributed by atoms with E-state index >= 15 is 0 Å². The number of hydrogen-bond donors (Lipinski definition) is 1. The summed E-state index contributed by atoms with van der Waals surface area (Å²) in [7, 11) is 1.36. The van der Waals surface area contributed by atoms with Gasteiger partial charge >= 0.3 is 18.3 Å². The van der Waals surface area contributed by atoms with Crippen molar-refractivity contribution in [3.63, 3.8) is 0 Å². The third-order valence-corrected chi connectivity index (χ3v) is 6.90. The Bertz CT molecular complexity index is 1510. The molecule has 1 heterocycles. The van der Waals surface area contributed by atoms with Gasteiger partial charge in [0.15, 0.2) is 6.10 Å². The maximum atomic E-state index is 14.0. The summed E-state index contributed by atoms with van der Waals surface area (Å²) in [5.41, 5.74) is -1.72. The molecular weight excluding hydrogens is 590 g/mol. The first-order valence-corrected chi connectivity index (χ1v) is 12.9. The maximum absolute atomic E-state index is 14.0. The highest BCUT2D eigenvalue weighted by atomic mass is 19.4. The normalized spacial score (nSPS) is 15.7. The van der Waals surface area contributed by atoms with E-state index in [2.05, 4.69) is 5.16 Å². The van der Waals surface area contributed by atoms with Crippen LogP contribution in [0.2, 0.25) is 0 Å². The van der Waals surface area contributed by atoms with E-state index in [1.807, 2.05) is 0 Å². The molecule has 1 aliphatic heterocycles. The number of halogens is 8. The molecule has 5 nitrogen and oxygen atoms in total. The molecule has 0 amide bonds. The van der Waals surface area contributed by atoms with Gasteiger partial charge in [-0.2, -0.15) is 26.3 Å². The Morgan fingerprint density at radius 3 is 2.19 bits per heavy atom.